The molecule has 2 aromatic carbocycles. The van der Waals surface area contributed by atoms with E-state index in [2.05, 4.69) is 52.2 Å². The highest BCUT2D eigenvalue weighted by Gasteiger charge is 2.39. The molecule has 0 fully saturated rings. The number of anilines is 3. The van der Waals surface area contributed by atoms with E-state index in [1.807, 2.05) is 55.5 Å². The summed E-state index contributed by atoms with van der Waals surface area (Å²) in [4.78, 5) is 101. The van der Waals surface area contributed by atoms with Crippen LogP contribution in [0.15, 0.2) is 65.3 Å². The third-order valence-electron chi connectivity index (χ3n) is 14.7. The number of nitrogens with one attached hydrogen (secondary N) is 3. The number of hydroxylamine groups is 6. The molecule has 0 aliphatic carbocycles. The van der Waals surface area contributed by atoms with E-state index in [-0.39, 0.29) is 87.3 Å². The van der Waals surface area contributed by atoms with Gasteiger partial charge in [0, 0.05) is 98.8 Å². The van der Waals surface area contributed by atoms with Crippen LogP contribution in [0.2, 0.25) is 5.15 Å². The maximum Gasteiger partial charge on any atom is 0.322 e. The first-order chi connectivity index (χ1) is 40.8. The molecular formula is C54H61BrClFN16O12. The molecule has 6 N–H and O–H groups in total. The summed E-state index contributed by atoms with van der Waals surface area (Å²) in [5.41, 5.74) is 7.97. The highest BCUT2D eigenvalue weighted by Crippen LogP contribution is 2.31. The van der Waals surface area contributed by atoms with Gasteiger partial charge < -0.3 is 46.0 Å². The Kier molecular flexibility index (Phi) is 18.1. The standard InChI is InChI=1S/C19H23N5O4.C18H20BrN5O4.C17H18ClFN6O4/c1-12-4-3-5-13(8-12)20-19(27)23-7-6-16-15(10-23)17-18(26)22(2)28-14(11-25)9-24(17)21-16;1-22-17(26)16-14-9-23(18(27)20-12-4-2-3-11(19)7-12)6-5-15(14)21-24(16)8-13(10-25)28-22;1-23-16(27)14-10-7-24(17(28)21-12-2-4-20-15(18)13(12)19)5-3-11(10)22-25(14)6-9(8-26)29-23/h3-5,8,14,25H,6-7,9-11H2,1-2H3,(H,20,27);2-4,7,13,25H,5-6,8-10H2,1H3,(H,20,27);2,4,9,26H,3,5-8H2,1H3,(H,20,21,28). The van der Waals surface area contributed by atoms with Gasteiger partial charge in [-0.3, -0.25) is 42.9 Å². The van der Waals surface area contributed by atoms with Crippen molar-refractivity contribution in [1.29, 1.82) is 0 Å². The second-order valence-electron chi connectivity index (χ2n) is 20.7. The molecule has 3 atom stereocenters. The number of urea groups is 3. The zero-order valence-corrected chi connectivity index (χ0v) is 48.9. The number of rotatable bonds is 6. The summed E-state index contributed by atoms with van der Waals surface area (Å²) in [5, 5.41) is 53.2. The maximum atomic E-state index is 14.0. The Balaban J connectivity index is 0.000000142. The molecule has 12 rings (SSSR count). The Morgan fingerprint density at radius 3 is 1.39 bits per heavy atom. The molecule has 28 nitrogen and oxygen atoms in total. The number of aromatic nitrogens is 7. The molecule has 85 heavy (non-hydrogen) atoms. The van der Waals surface area contributed by atoms with Crippen molar-refractivity contribution in [2.45, 2.75) is 83.8 Å². The molecule has 6 aromatic rings. The average molecular weight is 1260 g/mol. The Hall–Kier alpha value is -8.10. The molecule has 9 amide bonds. The molecule has 4 aromatic heterocycles. The van der Waals surface area contributed by atoms with Crippen molar-refractivity contribution in [2.24, 2.45) is 0 Å². The SMILES string of the molecule is CN1OC(CO)Cn2nc3c(c2C1=O)CN(C(=O)Nc1cccc(Br)c1)CC3.CN1OC(CO)Cn2nc3c(c2C1=O)CN(C(=O)Nc1ccnc(Cl)c1F)CC3.Cc1cccc(NC(=O)N2CCc3nn4c(c3C2)C(=O)N(C)OC(CO)C4)c1. The zero-order chi connectivity index (χ0) is 60.4. The number of hydrogen-bond donors (Lipinski definition) is 6. The van der Waals surface area contributed by atoms with Gasteiger partial charge in [-0.25, -0.2) is 38.9 Å². The lowest BCUT2D eigenvalue weighted by Crippen LogP contribution is -2.40. The molecule has 0 bridgehead atoms. The summed E-state index contributed by atoms with van der Waals surface area (Å²) >= 11 is 9.04. The lowest BCUT2D eigenvalue weighted by atomic mass is 10.1. The molecule has 3 unspecified atom stereocenters. The third-order valence-corrected chi connectivity index (χ3v) is 15.5. The van der Waals surface area contributed by atoms with Gasteiger partial charge in [-0.2, -0.15) is 15.3 Å². The minimum Gasteiger partial charge on any atom is -0.393 e. The van der Waals surface area contributed by atoms with Crippen LogP contribution >= 0.6 is 27.5 Å². The van der Waals surface area contributed by atoms with Gasteiger partial charge >= 0.3 is 18.1 Å². The average Bonchev–Trinajstić information content (AvgIpc) is 2.02. The molecule has 0 spiro atoms. The molecule has 6 aliphatic heterocycles. The number of carbonyl (C=O) groups is 6. The van der Waals surface area contributed by atoms with Crippen molar-refractivity contribution in [2.75, 3.05) is 76.5 Å². The molecule has 450 valence electrons. The van der Waals surface area contributed by atoms with Gasteiger partial charge in [-0.15, -0.1) is 0 Å². The Bertz CT molecular complexity index is 3420. The fourth-order valence-electron chi connectivity index (χ4n) is 10.5. The summed E-state index contributed by atoms with van der Waals surface area (Å²) in [6.07, 6.45) is 1.15. The predicted molar refractivity (Wildman–Crippen MR) is 303 cm³/mol. The summed E-state index contributed by atoms with van der Waals surface area (Å²) in [6, 6.07) is 15.3. The molecule has 0 saturated carbocycles. The summed E-state index contributed by atoms with van der Waals surface area (Å²) in [5.74, 6) is -1.89. The fourth-order valence-corrected chi connectivity index (χ4v) is 11.1. The van der Waals surface area contributed by atoms with Crippen LogP contribution in [-0.2, 0) is 73.0 Å². The quantitative estimate of drug-likeness (QED) is 0.129. The third kappa shape index (κ3) is 13.0. The fraction of sp³-hybridized carbons (Fsp3) is 0.407. The van der Waals surface area contributed by atoms with Crippen molar-refractivity contribution in [1.82, 2.24) is 64.2 Å². The molecule has 0 saturated heterocycles. The molecule has 10 heterocycles. The Morgan fingerprint density at radius 2 is 1.00 bits per heavy atom. The highest BCUT2D eigenvalue weighted by molar-refractivity contribution is 9.10. The van der Waals surface area contributed by atoms with Crippen LogP contribution in [0.3, 0.4) is 0 Å². The van der Waals surface area contributed by atoms with Gasteiger partial charge in [0.1, 0.15) is 35.4 Å². The van der Waals surface area contributed by atoms with Gasteiger partial charge in [-0.05, 0) is 48.9 Å². The first-order valence-electron chi connectivity index (χ1n) is 27.0. The number of aliphatic hydroxyl groups excluding tert-OH is 3. The summed E-state index contributed by atoms with van der Waals surface area (Å²) < 4.78 is 19.6. The zero-order valence-electron chi connectivity index (χ0n) is 46.6. The number of fused-ring (bicyclic) bond motifs is 9. The highest BCUT2D eigenvalue weighted by atomic mass is 79.9. The largest absolute Gasteiger partial charge is 0.393 e. The number of halogens is 3. The van der Waals surface area contributed by atoms with Gasteiger partial charge in [-0.1, -0.05) is 45.7 Å². The van der Waals surface area contributed by atoms with Crippen LogP contribution in [0.25, 0.3) is 0 Å². The minimum atomic E-state index is -0.816. The Labute approximate surface area is 498 Å². The topological polar surface area (TPSA) is 313 Å². The van der Waals surface area contributed by atoms with Gasteiger partial charge in [0.2, 0.25) is 0 Å². The maximum absolute atomic E-state index is 14.0. The van der Waals surface area contributed by atoms with Crippen LogP contribution in [0, 0.1) is 12.7 Å². The first-order valence-corrected chi connectivity index (χ1v) is 28.2. The van der Waals surface area contributed by atoms with E-state index in [9.17, 15) is 48.5 Å². The van der Waals surface area contributed by atoms with E-state index < -0.39 is 36.1 Å². The number of carbonyl (C=O) groups excluding carboxylic acids is 6. The minimum absolute atomic E-state index is 0.0790. The van der Waals surface area contributed by atoms with Gasteiger partial charge in [0.15, 0.2) is 11.0 Å². The predicted octanol–water partition coefficient (Wildman–Crippen LogP) is 3.81. The molecule has 6 aliphatic rings. The van der Waals surface area contributed by atoms with Crippen LogP contribution in [0.4, 0.5) is 35.8 Å². The number of benzene rings is 2. The van der Waals surface area contributed by atoms with Crippen molar-refractivity contribution in [3.8, 4) is 0 Å². The van der Waals surface area contributed by atoms with E-state index in [1.54, 1.807) is 19.2 Å². The first kappa shape index (κ1) is 60.0. The number of amides is 9. The molecular weight excluding hydrogens is 1200 g/mol. The second-order valence-corrected chi connectivity index (χ2v) is 21.9. The van der Waals surface area contributed by atoms with E-state index in [0.717, 1.165) is 53.4 Å². The van der Waals surface area contributed by atoms with Crippen molar-refractivity contribution >= 4 is 80.4 Å². The number of pyridine rings is 1. The van der Waals surface area contributed by atoms with Crippen molar-refractivity contribution in [3.05, 3.63) is 133 Å². The monoisotopic (exact) mass is 1260 g/mol. The van der Waals surface area contributed by atoms with Crippen LogP contribution < -0.4 is 16.0 Å². The van der Waals surface area contributed by atoms with Crippen molar-refractivity contribution < 1.29 is 63.0 Å². The Morgan fingerprint density at radius 1 is 0.612 bits per heavy atom. The summed E-state index contributed by atoms with van der Waals surface area (Å²) in [7, 11) is 4.50. The number of nitrogens with zero attached hydrogens (tertiary/aromatic N) is 13. The molecule has 31 heteroatoms. The normalized spacial score (nSPS) is 19.0. The van der Waals surface area contributed by atoms with Crippen LogP contribution in [0.1, 0.15) is 70.8 Å². The second kappa shape index (κ2) is 25.6. The van der Waals surface area contributed by atoms with Crippen LogP contribution in [-0.4, -0.2) is 194 Å². The lowest BCUT2D eigenvalue weighted by molar-refractivity contribution is -0.159. The van der Waals surface area contributed by atoms with E-state index in [1.165, 1.54) is 43.0 Å². The van der Waals surface area contributed by atoms with Crippen molar-refractivity contribution in [3.63, 3.8) is 0 Å². The summed E-state index contributed by atoms with van der Waals surface area (Å²) in [6.45, 7) is 4.11. The van der Waals surface area contributed by atoms with E-state index in [4.69, 9.17) is 26.1 Å². The smallest absolute Gasteiger partial charge is 0.322 e. The van der Waals surface area contributed by atoms with E-state index >= 15 is 0 Å². The van der Waals surface area contributed by atoms with Gasteiger partial charge in [0.25, 0.3) is 17.7 Å². The van der Waals surface area contributed by atoms with Crippen LogP contribution in [0.5, 0.6) is 0 Å². The number of hydrogen-bond acceptors (Lipinski definition) is 16. The van der Waals surface area contributed by atoms with E-state index in [0.29, 0.717) is 79.5 Å². The molecule has 0 radical (unpaired) electrons. The number of aliphatic hydroxyl groups is 3. The lowest BCUT2D eigenvalue weighted by Gasteiger charge is -2.27. The number of aryl methyl sites for hydroxylation is 1. The van der Waals surface area contributed by atoms with Gasteiger partial charge in [0.05, 0.1) is 81.9 Å².